The van der Waals surface area contributed by atoms with E-state index in [1.807, 2.05) is 87.0 Å². The van der Waals surface area contributed by atoms with Crippen LogP contribution in [0.1, 0.15) is 71.5 Å². The van der Waals surface area contributed by atoms with Crippen LogP contribution in [0.15, 0.2) is 97.1 Å². The molecule has 47 heavy (non-hydrogen) atoms. The Morgan fingerprint density at radius 3 is 2.15 bits per heavy atom. The van der Waals surface area contributed by atoms with Gasteiger partial charge >= 0.3 is 6.09 Å². The summed E-state index contributed by atoms with van der Waals surface area (Å²) in [5.74, 6) is -1.13. The lowest BCUT2D eigenvalue weighted by Crippen LogP contribution is -2.42. The Morgan fingerprint density at radius 2 is 1.49 bits per heavy atom. The van der Waals surface area contributed by atoms with Gasteiger partial charge in [-0.25, -0.2) is 17.9 Å². The van der Waals surface area contributed by atoms with Gasteiger partial charge in [0.2, 0.25) is 10.0 Å². The zero-order chi connectivity index (χ0) is 33.9. The summed E-state index contributed by atoms with van der Waals surface area (Å²) in [6.45, 7) is 8.76. The van der Waals surface area contributed by atoms with Crippen LogP contribution in [0.5, 0.6) is 0 Å². The number of sulfonamides is 1. The summed E-state index contributed by atoms with van der Waals surface area (Å²) in [4.78, 5) is 43.6. The van der Waals surface area contributed by atoms with Crippen LogP contribution in [-0.2, 0) is 14.8 Å². The van der Waals surface area contributed by atoms with Crippen LogP contribution < -0.4 is 4.72 Å². The molecule has 0 aliphatic carbocycles. The maximum atomic E-state index is 13.9. The average Bonchev–Trinajstić information content (AvgIpc) is 3.45. The lowest BCUT2D eigenvalue weighted by molar-refractivity contribution is 0.0137. The maximum Gasteiger partial charge on any atom is 0.410 e. The molecule has 0 spiro atoms. The number of ether oxygens (including phenoxy) is 1. The molecule has 0 radical (unpaired) electrons. The largest absolute Gasteiger partial charge is 0.444 e. The van der Waals surface area contributed by atoms with Gasteiger partial charge in [0.1, 0.15) is 5.60 Å². The molecule has 0 unspecified atom stereocenters. The summed E-state index contributed by atoms with van der Waals surface area (Å²) in [7, 11) is -3.72. The number of nitrogens with one attached hydrogen (secondary N) is 1. The van der Waals surface area contributed by atoms with Crippen molar-refractivity contribution in [2.24, 2.45) is 5.92 Å². The Balaban J connectivity index is 1.45. The molecular formula is C37H41N3O6S. The van der Waals surface area contributed by atoms with Crippen molar-refractivity contribution < 1.29 is 27.5 Å². The first-order chi connectivity index (χ1) is 22.2. The van der Waals surface area contributed by atoms with E-state index in [0.717, 1.165) is 28.2 Å². The van der Waals surface area contributed by atoms with Crippen molar-refractivity contribution in [3.05, 3.63) is 119 Å². The first-order valence-corrected chi connectivity index (χ1v) is 17.5. The Hall–Kier alpha value is -4.70. The molecule has 3 amide bonds. The number of nitrogens with zero attached hydrogens (tertiary/aromatic N) is 2. The zero-order valence-electron chi connectivity index (χ0n) is 27.3. The first-order valence-electron chi connectivity index (χ1n) is 15.6. The minimum Gasteiger partial charge on any atom is -0.444 e. The fourth-order valence-corrected chi connectivity index (χ4v) is 6.68. The molecule has 1 aliphatic rings. The Kier molecular flexibility index (Phi) is 9.72. The molecule has 1 N–H and O–H groups in total. The number of benzene rings is 4. The van der Waals surface area contributed by atoms with E-state index in [9.17, 15) is 22.8 Å². The molecular weight excluding hydrogens is 614 g/mol. The first kappa shape index (κ1) is 33.7. The van der Waals surface area contributed by atoms with Gasteiger partial charge < -0.3 is 14.5 Å². The highest BCUT2D eigenvalue weighted by atomic mass is 32.2. The van der Waals surface area contributed by atoms with Crippen molar-refractivity contribution in [1.29, 1.82) is 0 Å². The fourth-order valence-electron chi connectivity index (χ4n) is 6.22. The van der Waals surface area contributed by atoms with E-state index < -0.39 is 27.6 Å². The van der Waals surface area contributed by atoms with Crippen molar-refractivity contribution in [3.8, 4) is 0 Å². The molecule has 1 fully saturated rings. The van der Waals surface area contributed by atoms with Crippen molar-refractivity contribution in [2.45, 2.75) is 45.3 Å². The number of carbonyl (C=O) groups excluding carboxylic acids is 3. The van der Waals surface area contributed by atoms with Crippen molar-refractivity contribution in [3.63, 3.8) is 0 Å². The Morgan fingerprint density at radius 1 is 0.872 bits per heavy atom. The lowest BCUT2D eigenvalue weighted by Gasteiger charge is -2.35. The van der Waals surface area contributed by atoms with E-state index in [-0.39, 0.29) is 29.3 Å². The van der Waals surface area contributed by atoms with Gasteiger partial charge in [0, 0.05) is 42.6 Å². The summed E-state index contributed by atoms with van der Waals surface area (Å²) in [6.07, 6.45) is 0.486. The predicted octanol–water partition coefficient (Wildman–Crippen LogP) is 6.38. The van der Waals surface area contributed by atoms with E-state index in [0.29, 0.717) is 25.2 Å². The number of carbonyl (C=O) groups is 3. The quantitative estimate of drug-likeness (QED) is 0.236. The van der Waals surface area contributed by atoms with E-state index in [2.05, 4.69) is 18.2 Å². The van der Waals surface area contributed by atoms with E-state index >= 15 is 0 Å². The van der Waals surface area contributed by atoms with E-state index in [4.69, 9.17) is 4.74 Å². The number of fused-ring (bicyclic) bond motifs is 1. The molecule has 4 aromatic carbocycles. The second-order valence-corrected chi connectivity index (χ2v) is 14.9. The normalized spacial score (nSPS) is 17.3. The van der Waals surface area contributed by atoms with Gasteiger partial charge in [-0.05, 0) is 73.9 Å². The van der Waals surface area contributed by atoms with Gasteiger partial charge in [0.25, 0.3) is 11.8 Å². The van der Waals surface area contributed by atoms with Gasteiger partial charge in [-0.15, -0.1) is 0 Å². The second-order valence-electron chi connectivity index (χ2n) is 13.1. The monoisotopic (exact) mass is 655 g/mol. The van der Waals surface area contributed by atoms with E-state index in [1.165, 1.54) is 24.3 Å². The summed E-state index contributed by atoms with van der Waals surface area (Å²) < 4.78 is 30.9. The van der Waals surface area contributed by atoms with Gasteiger partial charge in [0.05, 0.1) is 12.3 Å². The zero-order valence-corrected chi connectivity index (χ0v) is 28.2. The molecule has 5 rings (SSSR count). The maximum absolute atomic E-state index is 13.9. The van der Waals surface area contributed by atoms with Crippen molar-refractivity contribution >= 4 is 38.7 Å². The van der Waals surface area contributed by atoms with Crippen LogP contribution in [0.2, 0.25) is 0 Å². The van der Waals surface area contributed by atoms with Crippen LogP contribution in [-0.4, -0.2) is 67.6 Å². The van der Waals surface area contributed by atoms with Gasteiger partial charge in [-0.2, -0.15) is 0 Å². The van der Waals surface area contributed by atoms with Crippen LogP contribution in [0.4, 0.5) is 4.79 Å². The predicted molar refractivity (Wildman–Crippen MR) is 183 cm³/mol. The highest BCUT2D eigenvalue weighted by molar-refractivity contribution is 7.89. The smallest absolute Gasteiger partial charge is 0.410 e. The van der Waals surface area contributed by atoms with Crippen molar-refractivity contribution in [1.82, 2.24) is 14.5 Å². The third-order valence-corrected chi connectivity index (χ3v) is 8.98. The summed E-state index contributed by atoms with van der Waals surface area (Å²) >= 11 is 0. The molecule has 3 atom stereocenters. The van der Waals surface area contributed by atoms with Gasteiger partial charge in [0.15, 0.2) is 0 Å². The molecule has 1 heterocycles. The lowest BCUT2D eigenvalue weighted by atomic mass is 9.88. The molecule has 0 aromatic heterocycles. The van der Waals surface area contributed by atoms with Crippen LogP contribution in [0.25, 0.3) is 10.8 Å². The van der Waals surface area contributed by atoms with Crippen LogP contribution in [0.3, 0.4) is 0 Å². The van der Waals surface area contributed by atoms with Gasteiger partial charge in [-0.3, -0.25) is 9.59 Å². The number of hydrogen-bond acceptors (Lipinski definition) is 6. The number of hydrogen-bond donors (Lipinski definition) is 1. The van der Waals surface area contributed by atoms with Gasteiger partial charge in [-0.1, -0.05) is 72.8 Å². The van der Waals surface area contributed by atoms with E-state index in [1.54, 1.807) is 9.80 Å². The molecule has 9 nitrogen and oxygen atoms in total. The minimum atomic E-state index is -3.72. The number of likely N-dealkylation sites (tertiary alicyclic amines) is 1. The molecule has 1 saturated heterocycles. The molecule has 0 saturated carbocycles. The highest BCUT2D eigenvalue weighted by Crippen LogP contribution is 2.37. The van der Waals surface area contributed by atoms with Crippen molar-refractivity contribution in [2.75, 3.05) is 25.9 Å². The summed E-state index contributed by atoms with van der Waals surface area (Å²) in [5, 5.41) is 2.15. The number of rotatable bonds is 8. The molecule has 0 bridgehead atoms. The summed E-state index contributed by atoms with van der Waals surface area (Å²) in [6, 6.07) is 29.8. The topological polar surface area (TPSA) is 113 Å². The van der Waals surface area contributed by atoms with Crippen LogP contribution in [0, 0.1) is 5.92 Å². The highest BCUT2D eigenvalue weighted by Gasteiger charge is 2.40. The fraction of sp³-hybridized carbons (Fsp3) is 0.324. The SMILES string of the molecule is C[C@H](c1cccc2ccccc12)N(C[C@H]1CN(C(=O)c2ccc(C(=O)NS(C)(=O)=O)cc2)C[C@@H]1c1ccccc1)C(=O)OC(C)(C)C. The average molecular weight is 656 g/mol. The molecule has 10 heteroatoms. The molecule has 1 aliphatic heterocycles. The third kappa shape index (κ3) is 8.18. The molecule has 246 valence electrons. The Labute approximate surface area is 276 Å². The number of amides is 3. The Bertz CT molecular complexity index is 1860. The molecule has 4 aromatic rings. The second kappa shape index (κ2) is 13.6. The minimum absolute atomic E-state index is 0.0513. The van der Waals surface area contributed by atoms with Crippen LogP contribution >= 0.6 is 0 Å². The summed E-state index contributed by atoms with van der Waals surface area (Å²) in [5.41, 5.74) is 1.89. The standard InChI is InChI=1S/C37H41N3O6S/c1-25(31-17-11-15-26-14-9-10-16-32(26)31)40(36(43)46-37(2,3)4)23-30-22-39(24-33(30)27-12-7-6-8-13-27)35(42)29-20-18-28(19-21-29)34(41)38-47(5,44)45/h6-21,25,30,33H,22-24H2,1-5H3,(H,38,41)/t25-,30-,33-/m1/s1. The third-order valence-electron chi connectivity index (χ3n) is 8.43.